The highest BCUT2D eigenvalue weighted by Gasteiger charge is 2.22. The molecule has 4 aromatic rings. The predicted molar refractivity (Wildman–Crippen MR) is 145 cm³/mol. The Morgan fingerprint density at radius 1 is 1.17 bits per heavy atom. The summed E-state index contributed by atoms with van der Waals surface area (Å²) >= 11 is 1.23. The number of nitriles is 1. The van der Waals surface area contributed by atoms with Crippen molar-refractivity contribution < 1.29 is 5.11 Å². The first-order chi connectivity index (χ1) is 17.4. The number of pyridine rings is 2. The Labute approximate surface area is 215 Å². The van der Waals surface area contributed by atoms with E-state index in [1.807, 2.05) is 61.5 Å². The fraction of sp³-hybridized carbons (Fsp3) is 0.207. The number of hydrogen-bond acceptors (Lipinski definition) is 6. The summed E-state index contributed by atoms with van der Waals surface area (Å²) in [5.74, 6) is -0.0613. The van der Waals surface area contributed by atoms with Crippen LogP contribution in [0, 0.1) is 18.3 Å². The van der Waals surface area contributed by atoms with Crippen LogP contribution in [0.4, 0.5) is 11.4 Å². The maximum Gasteiger partial charge on any atom is 0.266 e. The molecule has 0 aliphatic carbocycles. The average molecular weight is 497 g/mol. The second kappa shape index (κ2) is 11.1. The molecule has 0 saturated heterocycles. The third-order valence-electron chi connectivity index (χ3n) is 6.08. The monoisotopic (exact) mass is 496 g/mol. The summed E-state index contributed by atoms with van der Waals surface area (Å²) in [7, 11) is 1.83. The number of hydrogen-bond donors (Lipinski definition) is 2. The lowest BCUT2D eigenvalue weighted by atomic mass is 10.0. The van der Waals surface area contributed by atoms with Crippen LogP contribution in [-0.2, 0) is 6.42 Å². The Morgan fingerprint density at radius 2 is 1.94 bits per heavy atom. The van der Waals surface area contributed by atoms with Crippen LogP contribution in [-0.4, -0.2) is 22.1 Å². The fourth-order valence-corrected chi connectivity index (χ4v) is 4.98. The minimum absolute atomic E-state index is 0.0613. The third kappa shape index (κ3) is 5.29. The first-order valence-electron chi connectivity index (χ1n) is 11.8. The first kappa shape index (κ1) is 25.1. The Morgan fingerprint density at radius 3 is 2.64 bits per heavy atom. The quantitative estimate of drug-likeness (QED) is 0.286. The molecule has 4 rings (SSSR count). The van der Waals surface area contributed by atoms with Gasteiger partial charge in [-0.05, 0) is 72.9 Å². The van der Waals surface area contributed by atoms with Crippen molar-refractivity contribution in [3.05, 3.63) is 94.2 Å². The van der Waals surface area contributed by atoms with Crippen LogP contribution in [0.3, 0.4) is 0 Å². The van der Waals surface area contributed by atoms with Gasteiger partial charge in [0.2, 0.25) is 0 Å². The normalized spacial score (nSPS) is 10.7. The van der Waals surface area contributed by atoms with E-state index in [-0.39, 0.29) is 16.2 Å². The summed E-state index contributed by atoms with van der Waals surface area (Å²) in [5, 5.41) is 20.7. The van der Waals surface area contributed by atoms with Crippen molar-refractivity contribution >= 4 is 23.1 Å². The minimum Gasteiger partial charge on any atom is -0.504 e. The molecule has 0 fully saturated rings. The van der Waals surface area contributed by atoms with Gasteiger partial charge in [-0.2, -0.15) is 5.26 Å². The second-order valence-electron chi connectivity index (χ2n) is 8.60. The molecule has 2 heterocycles. The molecule has 0 aliphatic rings. The zero-order chi connectivity index (χ0) is 25.7. The molecule has 0 spiro atoms. The Balaban J connectivity index is 1.73. The largest absolute Gasteiger partial charge is 0.504 e. The van der Waals surface area contributed by atoms with Gasteiger partial charge in [0.15, 0.2) is 5.75 Å². The van der Waals surface area contributed by atoms with Gasteiger partial charge in [0.25, 0.3) is 5.56 Å². The van der Waals surface area contributed by atoms with Crippen LogP contribution >= 0.6 is 11.8 Å². The van der Waals surface area contributed by atoms with Gasteiger partial charge in [0.05, 0.1) is 11.6 Å². The molecule has 0 radical (unpaired) electrons. The van der Waals surface area contributed by atoms with Gasteiger partial charge in [0, 0.05) is 35.7 Å². The summed E-state index contributed by atoms with van der Waals surface area (Å²) in [4.78, 5) is 23.1. The van der Waals surface area contributed by atoms with Crippen LogP contribution in [0.1, 0.15) is 36.6 Å². The smallest absolute Gasteiger partial charge is 0.266 e. The van der Waals surface area contributed by atoms with Crippen molar-refractivity contribution in [1.82, 2.24) is 9.97 Å². The number of anilines is 2. The summed E-state index contributed by atoms with van der Waals surface area (Å²) in [6.07, 6.45) is 6.06. The summed E-state index contributed by atoms with van der Waals surface area (Å²) in [5.41, 5.74) is 5.43. The maximum atomic E-state index is 13.1. The van der Waals surface area contributed by atoms with E-state index in [2.05, 4.69) is 23.0 Å². The maximum absolute atomic E-state index is 13.1. The van der Waals surface area contributed by atoms with Crippen LogP contribution in [0.25, 0.3) is 11.1 Å². The van der Waals surface area contributed by atoms with Gasteiger partial charge in [-0.1, -0.05) is 43.3 Å². The van der Waals surface area contributed by atoms with Crippen LogP contribution in [0.5, 0.6) is 5.75 Å². The zero-order valence-corrected chi connectivity index (χ0v) is 21.4. The number of nitrogens with one attached hydrogen (secondary N) is 1. The van der Waals surface area contributed by atoms with Gasteiger partial charge in [0.1, 0.15) is 10.6 Å². The van der Waals surface area contributed by atoms with E-state index < -0.39 is 0 Å². The number of nitrogens with zero attached hydrogens (tertiary/aromatic N) is 3. The number of aromatic amines is 1. The summed E-state index contributed by atoms with van der Waals surface area (Å²) in [6.45, 7) is 4.10. The molecule has 0 saturated carbocycles. The van der Waals surface area contributed by atoms with Crippen LogP contribution < -0.4 is 10.5 Å². The molecule has 182 valence electrons. The van der Waals surface area contributed by atoms with Gasteiger partial charge in [-0.3, -0.25) is 9.78 Å². The molecular weight excluding hydrogens is 468 g/mol. The van der Waals surface area contributed by atoms with E-state index >= 15 is 0 Å². The van der Waals surface area contributed by atoms with Crippen molar-refractivity contribution in [2.45, 2.75) is 42.9 Å². The molecule has 6 nitrogen and oxygen atoms in total. The molecule has 7 heteroatoms. The van der Waals surface area contributed by atoms with E-state index in [4.69, 9.17) is 0 Å². The molecule has 0 aliphatic heterocycles. The number of benzene rings is 2. The predicted octanol–water partition coefficient (Wildman–Crippen LogP) is 6.58. The number of rotatable bonds is 8. The van der Waals surface area contributed by atoms with Gasteiger partial charge in [-0.25, -0.2) is 0 Å². The molecular formula is C29H28N4O2S. The highest BCUT2D eigenvalue weighted by atomic mass is 32.2. The number of aryl methyl sites for hydroxylation is 2. The van der Waals surface area contributed by atoms with E-state index in [1.165, 1.54) is 11.8 Å². The van der Waals surface area contributed by atoms with E-state index in [9.17, 15) is 15.2 Å². The zero-order valence-electron chi connectivity index (χ0n) is 20.6. The molecule has 2 N–H and O–H groups in total. The lowest BCUT2D eigenvalue weighted by Crippen LogP contribution is -2.19. The third-order valence-corrected chi connectivity index (χ3v) is 7.17. The van der Waals surface area contributed by atoms with E-state index in [0.29, 0.717) is 23.4 Å². The fourth-order valence-electron chi connectivity index (χ4n) is 4.13. The lowest BCUT2D eigenvalue weighted by molar-refractivity contribution is 0.459. The van der Waals surface area contributed by atoms with Crippen molar-refractivity contribution in [2.24, 2.45) is 0 Å². The molecule has 0 atom stereocenters. The lowest BCUT2D eigenvalue weighted by Gasteiger charge is -2.24. The Hall–Kier alpha value is -4.02. The Bertz CT molecular complexity index is 1470. The molecule has 2 aromatic heterocycles. The van der Waals surface area contributed by atoms with Crippen LogP contribution in [0.15, 0.2) is 81.6 Å². The number of aromatic nitrogens is 2. The Kier molecular flexibility index (Phi) is 7.77. The molecule has 0 amide bonds. The van der Waals surface area contributed by atoms with Gasteiger partial charge in [-0.15, -0.1) is 0 Å². The van der Waals surface area contributed by atoms with Gasteiger partial charge < -0.3 is 15.0 Å². The van der Waals surface area contributed by atoms with Crippen molar-refractivity contribution in [1.29, 1.82) is 5.26 Å². The highest BCUT2D eigenvalue weighted by molar-refractivity contribution is 7.99. The highest BCUT2D eigenvalue weighted by Crippen LogP contribution is 2.42. The average Bonchev–Trinajstić information content (AvgIpc) is 2.90. The second-order valence-corrected chi connectivity index (χ2v) is 9.68. The van der Waals surface area contributed by atoms with Crippen molar-refractivity contribution in [3.63, 3.8) is 0 Å². The molecule has 0 unspecified atom stereocenters. The van der Waals surface area contributed by atoms with E-state index in [0.717, 1.165) is 40.1 Å². The standard InChI is InChI=1S/C29H28N4O2S/c1-4-5-9-25-26(33(3)22-8-6-7-20(16-22)17-30)27(34)28(29(35)32-25)36-23-12-10-21(11-13-23)24-14-15-31-18-19(24)2/h6-8,10-16,18H,4-5,9H2,1-3H3,(H2,32,34,35). The number of unbranched alkanes of at least 4 members (excludes halogenated alkanes) is 1. The minimum atomic E-state index is -0.319. The first-order valence-corrected chi connectivity index (χ1v) is 12.7. The summed E-state index contributed by atoms with van der Waals surface area (Å²) in [6, 6.07) is 19.2. The SMILES string of the molecule is CCCCc1[nH]c(=O)c(Sc2ccc(-c3ccncc3C)cc2)c(O)c1N(C)c1cccc(C#N)c1. The topological polar surface area (TPSA) is 93.0 Å². The molecule has 0 bridgehead atoms. The van der Waals surface area contributed by atoms with Gasteiger partial charge >= 0.3 is 0 Å². The van der Waals surface area contributed by atoms with Crippen molar-refractivity contribution in [3.8, 4) is 22.9 Å². The number of H-pyrrole nitrogens is 1. The molecule has 36 heavy (non-hydrogen) atoms. The van der Waals surface area contributed by atoms with Crippen LogP contribution in [0.2, 0.25) is 0 Å². The van der Waals surface area contributed by atoms with Crippen molar-refractivity contribution in [2.75, 3.05) is 11.9 Å². The molecule has 2 aromatic carbocycles. The summed E-state index contributed by atoms with van der Waals surface area (Å²) < 4.78 is 0. The van der Waals surface area contributed by atoms with E-state index in [1.54, 1.807) is 24.4 Å². The number of aromatic hydroxyl groups is 1.